The maximum atomic E-state index is 12.6. The number of carbonyl (C=O) groups excluding carboxylic acids is 1. The number of hydrogen-bond acceptors (Lipinski definition) is 2. The standard InChI is InChI=1S/C18H25N3O/c1-10-8-18-15(14(10)9-19)7-16(22)21(18)6-5-20-13(4)11(2)12(3)17(18)20/h10,14-15H,2,4-9,19H2,1,3H3. The molecule has 3 heterocycles. The molecule has 3 aliphatic rings. The van der Waals surface area contributed by atoms with Crippen LogP contribution in [0.15, 0.2) is 0 Å². The molecule has 2 aliphatic heterocycles. The molecule has 4 atom stereocenters. The van der Waals surface area contributed by atoms with Crippen molar-refractivity contribution >= 4 is 19.1 Å². The average molecular weight is 299 g/mol. The normalized spacial score (nSPS) is 36.4. The fraction of sp³-hybridized carbons (Fsp3) is 0.611. The lowest BCUT2D eigenvalue weighted by atomic mass is 9.79. The molecule has 0 radical (unpaired) electrons. The first-order valence-electron chi connectivity index (χ1n) is 8.31. The zero-order valence-electron chi connectivity index (χ0n) is 13.6. The van der Waals surface area contributed by atoms with Gasteiger partial charge in [0, 0.05) is 36.5 Å². The van der Waals surface area contributed by atoms with Crippen molar-refractivity contribution in [3.63, 3.8) is 0 Å². The van der Waals surface area contributed by atoms with Gasteiger partial charge in [0.2, 0.25) is 5.91 Å². The quantitative estimate of drug-likeness (QED) is 0.810. The predicted molar refractivity (Wildman–Crippen MR) is 87.3 cm³/mol. The molecule has 1 amide bonds. The second kappa shape index (κ2) is 4.25. The van der Waals surface area contributed by atoms with Crippen LogP contribution in [0.1, 0.15) is 31.0 Å². The predicted octanol–water partition coefficient (Wildman–Crippen LogP) is 0.289. The Morgan fingerprint density at radius 1 is 1.36 bits per heavy atom. The Balaban J connectivity index is 2.02. The number of nitrogens with zero attached hydrogens (tertiary/aromatic N) is 2. The van der Waals surface area contributed by atoms with E-state index in [1.54, 1.807) is 0 Å². The highest BCUT2D eigenvalue weighted by Gasteiger charge is 2.64. The van der Waals surface area contributed by atoms with Gasteiger partial charge in [0.05, 0.1) is 5.54 Å². The number of carbonyl (C=O) groups is 1. The van der Waals surface area contributed by atoms with E-state index in [9.17, 15) is 4.79 Å². The topological polar surface area (TPSA) is 51.3 Å². The van der Waals surface area contributed by atoms with Crippen molar-refractivity contribution in [1.29, 1.82) is 0 Å². The van der Waals surface area contributed by atoms with Crippen molar-refractivity contribution in [2.75, 3.05) is 13.1 Å². The lowest BCUT2D eigenvalue weighted by Crippen LogP contribution is -2.53. The van der Waals surface area contributed by atoms with Crippen molar-refractivity contribution in [3.05, 3.63) is 21.8 Å². The highest BCUT2D eigenvalue weighted by atomic mass is 16.2. The zero-order chi connectivity index (χ0) is 15.8. The van der Waals surface area contributed by atoms with Crippen molar-refractivity contribution in [2.24, 2.45) is 23.5 Å². The Bertz CT molecular complexity index is 764. The average Bonchev–Trinajstić information content (AvgIpc) is 2.99. The smallest absolute Gasteiger partial charge is 0.223 e. The molecule has 2 fully saturated rings. The largest absolute Gasteiger partial charge is 0.341 e. The zero-order valence-corrected chi connectivity index (χ0v) is 13.6. The van der Waals surface area contributed by atoms with E-state index in [1.165, 1.54) is 11.3 Å². The van der Waals surface area contributed by atoms with Gasteiger partial charge in [-0.25, -0.2) is 0 Å². The second-order valence-corrected chi connectivity index (χ2v) is 7.41. The third kappa shape index (κ3) is 1.35. The molecule has 22 heavy (non-hydrogen) atoms. The van der Waals surface area contributed by atoms with E-state index in [0.29, 0.717) is 36.6 Å². The van der Waals surface area contributed by atoms with Crippen LogP contribution in [-0.4, -0.2) is 28.5 Å². The van der Waals surface area contributed by atoms with Gasteiger partial charge in [0.1, 0.15) is 0 Å². The van der Waals surface area contributed by atoms with Gasteiger partial charge in [0.25, 0.3) is 0 Å². The molecular formula is C18H25N3O. The van der Waals surface area contributed by atoms with Crippen LogP contribution in [0.25, 0.3) is 13.2 Å². The van der Waals surface area contributed by atoms with Gasteiger partial charge in [-0.15, -0.1) is 0 Å². The lowest BCUT2D eigenvalue weighted by Gasteiger charge is -2.44. The van der Waals surface area contributed by atoms with Crippen LogP contribution < -0.4 is 16.3 Å². The van der Waals surface area contributed by atoms with E-state index >= 15 is 0 Å². The molecule has 1 saturated carbocycles. The van der Waals surface area contributed by atoms with E-state index < -0.39 is 0 Å². The minimum atomic E-state index is -0.161. The fourth-order valence-electron chi connectivity index (χ4n) is 5.68. The molecule has 1 spiro atoms. The van der Waals surface area contributed by atoms with Crippen molar-refractivity contribution in [1.82, 2.24) is 9.47 Å². The van der Waals surface area contributed by atoms with Gasteiger partial charge in [-0.3, -0.25) is 4.79 Å². The van der Waals surface area contributed by atoms with E-state index in [-0.39, 0.29) is 5.54 Å². The lowest BCUT2D eigenvalue weighted by molar-refractivity contribution is -0.133. The molecule has 1 aliphatic carbocycles. The summed E-state index contributed by atoms with van der Waals surface area (Å²) in [6, 6.07) is 0. The molecule has 1 aromatic heterocycles. The molecular weight excluding hydrogens is 274 g/mol. The Labute approximate surface area is 131 Å². The van der Waals surface area contributed by atoms with Crippen molar-refractivity contribution in [3.8, 4) is 0 Å². The highest BCUT2D eigenvalue weighted by Crippen LogP contribution is 2.59. The molecule has 1 saturated heterocycles. The maximum Gasteiger partial charge on any atom is 0.223 e. The summed E-state index contributed by atoms with van der Waals surface area (Å²) in [5.74, 6) is 1.62. The summed E-state index contributed by atoms with van der Waals surface area (Å²) in [5.41, 5.74) is 8.43. The van der Waals surface area contributed by atoms with E-state index in [0.717, 1.165) is 30.1 Å². The van der Waals surface area contributed by atoms with Gasteiger partial charge in [0.15, 0.2) is 0 Å². The molecule has 0 aromatic carbocycles. The number of aromatic nitrogens is 1. The van der Waals surface area contributed by atoms with Gasteiger partial charge >= 0.3 is 0 Å². The van der Waals surface area contributed by atoms with E-state index in [2.05, 4.69) is 36.5 Å². The molecule has 4 heteroatoms. The summed E-state index contributed by atoms with van der Waals surface area (Å²) < 4.78 is 2.32. The van der Waals surface area contributed by atoms with Crippen molar-refractivity contribution < 1.29 is 4.79 Å². The summed E-state index contributed by atoms with van der Waals surface area (Å²) in [7, 11) is 0. The fourth-order valence-corrected chi connectivity index (χ4v) is 5.68. The van der Waals surface area contributed by atoms with Gasteiger partial charge in [-0.2, -0.15) is 0 Å². The minimum Gasteiger partial charge on any atom is -0.341 e. The summed E-state index contributed by atoms with van der Waals surface area (Å²) in [6.45, 7) is 15.2. The third-order valence-corrected chi connectivity index (χ3v) is 6.65. The summed E-state index contributed by atoms with van der Waals surface area (Å²) in [4.78, 5) is 14.8. The summed E-state index contributed by atoms with van der Waals surface area (Å²) in [5, 5.41) is 2.05. The number of fused-ring (bicyclic) bond motifs is 1. The van der Waals surface area contributed by atoms with Crippen LogP contribution in [-0.2, 0) is 16.9 Å². The molecule has 2 N–H and O–H groups in total. The van der Waals surface area contributed by atoms with Crippen LogP contribution in [0.5, 0.6) is 0 Å². The third-order valence-electron chi connectivity index (χ3n) is 6.65. The Kier molecular flexibility index (Phi) is 2.72. The highest BCUT2D eigenvalue weighted by molar-refractivity contribution is 5.81. The van der Waals surface area contributed by atoms with Gasteiger partial charge < -0.3 is 15.2 Å². The monoisotopic (exact) mass is 299 g/mol. The molecule has 4 nitrogen and oxygen atoms in total. The van der Waals surface area contributed by atoms with E-state index in [1.807, 2.05) is 0 Å². The first-order chi connectivity index (χ1) is 10.4. The molecule has 118 valence electrons. The number of amides is 1. The minimum absolute atomic E-state index is 0.161. The van der Waals surface area contributed by atoms with E-state index in [4.69, 9.17) is 5.73 Å². The number of rotatable bonds is 1. The first kappa shape index (κ1) is 14.1. The summed E-state index contributed by atoms with van der Waals surface area (Å²) >= 11 is 0. The first-order valence-corrected chi connectivity index (χ1v) is 8.31. The Hall–Kier alpha value is -1.55. The molecule has 1 aromatic rings. The van der Waals surface area contributed by atoms with Gasteiger partial charge in [-0.05, 0) is 42.5 Å². The number of nitrogens with two attached hydrogens (primary N) is 1. The molecule has 0 bridgehead atoms. The van der Waals surface area contributed by atoms with Crippen LogP contribution in [0.3, 0.4) is 0 Å². The SMILES string of the molecule is C=c1c(C)c2n(c1=C)CCN1C(=O)CC3C(CN)C(C)CC231. The van der Waals surface area contributed by atoms with Crippen LogP contribution in [0.2, 0.25) is 0 Å². The van der Waals surface area contributed by atoms with Crippen LogP contribution in [0, 0.1) is 24.7 Å². The van der Waals surface area contributed by atoms with Crippen LogP contribution >= 0.6 is 0 Å². The Morgan fingerprint density at radius 3 is 2.77 bits per heavy atom. The number of hydrogen-bond donors (Lipinski definition) is 1. The van der Waals surface area contributed by atoms with Crippen LogP contribution in [0.4, 0.5) is 0 Å². The second-order valence-electron chi connectivity index (χ2n) is 7.41. The maximum absolute atomic E-state index is 12.6. The van der Waals surface area contributed by atoms with Gasteiger partial charge in [-0.1, -0.05) is 20.1 Å². The van der Waals surface area contributed by atoms with Crippen molar-refractivity contribution in [2.45, 2.75) is 38.8 Å². The Morgan fingerprint density at radius 2 is 2.09 bits per heavy atom. The molecule has 4 unspecified atom stereocenters. The summed E-state index contributed by atoms with van der Waals surface area (Å²) in [6.07, 6.45) is 1.67. The molecule has 4 rings (SSSR count).